The minimum Gasteiger partial charge on any atom is -0.378 e. The minimum absolute atomic E-state index is 0.106. The molecule has 0 amide bonds. The highest BCUT2D eigenvalue weighted by molar-refractivity contribution is 9.10. The fourth-order valence-corrected chi connectivity index (χ4v) is 2.22. The van der Waals surface area contributed by atoms with E-state index in [4.69, 9.17) is 4.74 Å². The van der Waals surface area contributed by atoms with Crippen molar-refractivity contribution in [1.29, 1.82) is 0 Å². The normalized spacial score (nSPS) is 16.2. The number of hydrogen-bond donors (Lipinski definition) is 0. The fraction of sp³-hybridized carbons (Fsp3) is 0.417. The van der Waals surface area contributed by atoms with Gasteiger partial charge in [-0.15, -0.1) is 0 Å². The number of benzene rings is 1. The Hall–Kier alpha value is -0.870. The van der Waals surface area contributed by atoms with Gasteiger partial charge in [-0.2, -0.15) is 0 Å². The molecule has 0 aliphatic carbocycles. The molecule has 2 rings (SSSR count). The van der Waals surface area contributed by atoms with E-state index in [0.717, 1.165) is 42.0 Å². The van der Waals surface area contributed by atoms with E-state index in [-0.39, 0.29) is 5.78 Å². The molecule has 0 N–H and O–H groups in total. The van der Waals surface area contributed by atoms with Gasteiger partial charge in [0, 0.05) is 28.8 Å². The molecule has 1 fully saturated rings. The third-order valence-corrected chi connectivity index (χ3v) is 3.18. The molecule has 0 atom stereocenters. The number of morpholine rings is 1. The maximum atomic E-state index is 11.5. The van der Waals surface area contributed by atoms with E-state index in [1.165, 1.54) is 0 Å². The van der Waals surface area contributed by atoms with Gasteiger partial charge in [0.15, 0.2) is 5.78 Å². The highest BCUT2D eigenvalue weighted by Gasteiger charge is 2.16. The van der Waals surface area contributed by atoms with E-state index >= 15 is 0 Å². The van der Waals surface area contributed by atoms with Crippen molar-refractivity contribution in [3.8, 4) is 0 Å². The fourth-order valence-electron chi connectivity index (χ4n) is 1.87. The number of carbonyl (C=O) groups excluding carboxylic acids is 1. The lowest BCUT2D eigenvalue weighted by molar-refractivity contribution is 0.101. The number of rotatable bonds is 2. The van der Waals surface area contributed by atoms with E-state index < -0.39 is 0 Å². The van der Waals surface area contributed by atoms with Crippen molar-refractivity contribution in [2.75, 3.05) is 31.2 Å². The van der Waals surface area contributed by atoms with E-state index in [1.54, 1.807) is 6.92 Å². The van der Waals surface area contributed by atoms with Gasteiger partial charge in [0.1, 0.15) is 0 Å². The van der Waals surface area contributed by atoms with Crippen molar-refractivity contribution in [2.45, 2.75) is 6.92 Å². The van der Waals surface area contributed by atoms with Gasteiger partial charge in [-0.1, -0.05) is 15.9 Å². The highest BCUT2D eigenvalue weighted by atomic mass is 79.9. The van der Waals surface area contributed by atoms with Crippen LogP contribution in [0.3, 0.4) is 0 Å². The quantitative estimate of drug-likeness (QED) is 0.781. The maximum absolute atomic E-state index is 11.5. The lowest BCUT2D eigenvalue weighted by atomic mass is 10.1. The van der Waals surface area contributed by atoms with Gasteiger partial charge >= 0.3 is 0 Å². The average Bonchev–Trinajstić information content (AvgIpc) is 2.29. The van der Waals surface area contributed by atoms with E-state index in [0.29, 0.717) is 0 Å². The topological polar surface area (TPSA) is 29.5 Å². The Bertz CT molecular complexity index is 400. The van der Waals surface area contributed by atoms with Crippen LogP contribution >= 0.6 is 15.9 Å². The Balaban J connectivity index is 2.36. The Morgan fingerprint density at radius 3 is 2.69 bits per heavy atom. The van der Waals surface area contributed by atoms with E-state index in [1.807, 2.05) is 18.2 Å². The van der Waals surface area contributed by atoms with Gasteiger partial charge in [-0.05, 0) is 25.1 Å². The van der Waals surface area contributed by atoms with Crippen LogP contribution in [0.4, 0.5) is 5.69 Å². The van der Waals surface area contributed by atoms with Crippen molar-refractivity contribution in [1.82, 2.24) is 0 Å². The average molecular weight is 284 g/mol. The maximum Gasteiger partial charge on any atom is 0.161 e. The van der Waals surface area contributed by atoms with Crippen LogP contribution < -0.4 is 4.90 Å². The monoisotopic (exact) mass is 283 g/mol. The number of hydrogen-bond acceptors (Lipinski definition) is 3. The first kappa shape index (κ1) is 11.6. The molecule has 1 aliphatic heterocycles. The van der Waals surface area contributed by atoms with Crippen LogP contribution in [0.1, 0.15) is 17.3 Å². The summed E-state index contributed by atoms with van der Waals surface area (Å²) in [6.07, 6.45) is 0. The third-order valence-electron chi connectivity index (χ3n) is 2.69. The first-order valence-electron chi connectivity index (χ1n) is 5.31. The number of ether oxygens (including phenoxy) is 1. The molecule has 0 unspecified atom stereocenters. The summed E-state index contributed by atoms with van der Waals surface area (Å²) in [7, 11) is 0. The van der Waals surface area contributed by atoms with Crippen molar-refractivity contribution in [3.63, 3.8) is 0 Å². The molecular weight excluding hydrogens is 270 g/mol. The molecule has 16 heavy (non-hydrogen) atoms. The molecule has 1 aromatic rings. The van der Waals surface area contributed by atoms with Crippen LogP contribution in [0, 0.1) is 0 Å². The van der Waals surface area contributed by atoms with Gasteiger partial charge in [-0.25, -0.2) is 0 Å². The highest BCUT2D eigenvalue weighted by Crippen LogP contribution is 2.26. The Morgan fingerprint density at radius 2 is 2.06 bits per heavy atom. The second kappa shape index (κ2) is 4.97. The van der Waals surface area contributed by atoms with Gasteiger partial charge < -0.3 is 9.64 Å². The number of ketones is 1. The van der Waals surface area contributed by atoms with Crippen molar-refractivity contribution < 1.29 is 9.53 Å². The predicted molar refractivity (Wildman–Crippen MR) is 67.2 cm³/mol. The predicted octanol–water partition coefficient (Wildman–Crippen LogP) is 2.49. The summed E-state index contributed by atoms with van der Waals surface area (Å²) >= 11 is 3.44. The first-order valence-corrected chi connectivity index (χ1v) is 6.11. The summed E-state index contributed by atoms with van der Waals surface area (Å²) in [5.41, 5.74) is 1.79. The molecule has 1 aromatic carbocycles. The summed E-state index contributed by atoms with van der Waals surface area (Å²) < 4.78 is 6.31. The molecule has 1 saturated heterocycles. The zero-order valence-corrected chi connectivity index (χ0v) is 10.8. The summed E-state index contributed by atoms with van der Waals surface area (Å²) in [6, 6.07) is 5.78. The smallest absolute Gasteiger partial charge is 0.161 e. The second-order valence-corrected chi connectivity index (χ2v) is 4.73. The lowest BCUT2D eigenvalue weighted by Crippen LogP contribution is -2.37. The molecule has 86 valence electrons. The Labute approximate surface area is 104 Å². The van der Waals surface area contributed by atoms with Crippen LogP contribution in [0.15, 0.2) is 22.7 Å². The molecule has 0 saturated carbocycles. The number of anilines is 1. The molecule has 0 radical (unpaired) electrons. The number of carbonyl (C=O) groups is 1. The van der Waals surface area contributed by atoms with E-state index in [2.05, 4.69) is 20.8 Å². The molecule has 0 spiro atoms. The van der Waals surface area contributed by atoms with E-state index in [9.17, 15) is 4.79 Å². The summed E-state index contributed by atoms with van der Waals surface area (Å²) in [5.74, 6) is 0.106. The number of Topliss-reactive ketones (excluding diaryl/α,β-unsaturated/α-hetero) is 1. The van der Waals surface area contributed by atoms with Gasteiger partial charge in [-0.3, -0.25) is 4.79 Å². The number of nitrogens with zero attached hydrogens (tertiary/aromatic N) is 1. The van der Waals surface area contributed by atoms with Crippen LogP contribution in [-0.2, 0) is 4.74 Å². The largest absolute Gasteiger partial charge is 0.378 e. The Kier molecular flexibility index (Phi) is 3.61. The molecule has 0 aromatic heterocycles. The summed E-state index contributed by atoms with van der Waals surface area (Å²) in [5, 5.41) is 0. The summed E-state index contributed by atoms with van der Waals surface area (Å²) in [6.45, 7) is 4.74. The van der Waals surface area contributed by atoms with Gasteiger partial charge in [0.2, 0.25) is 0 Å². The van der Waals surface area contributed by atoms with Gasteiger partial charge in [0.25, 0.3) is 0 Å². The zero-order chi connectivity index (χ0) is 11.5. The lowest BCUT2D eigenvalue weighted by Gasteiger charge is -2.30. The second-order valence-electron chi connectivity index (χ2n) is 3.82. The number of halogens is 1. The molecule has 4 heteroatoms. The molecule has 1 aliphatic rings. The minimum atomic E-state index is 0.106. The molecule has 3 nitrogen and oxygen atoms in total. The van der Waals surface area contributed by atoms with Crippen molar-refractivity contribution >= 4 is 27.4 Å². The first-order chi connectivity index (χ1) is 7.68. The molecule has 0 bridgehead atoms. The molecular formula is C12H14BrNO2. The standard InChI is InChI=1S/C12H14BrNO2/c1-9(15)11-3-2-10(13)8-12(11)14-4-6-16-7-5-14/h2-3,8H,4-7H2,1H3. The molecule has 1 heterocycles. The van der Waals surface area contributed by atoms with Gasteiger partial charge in [0.05, 0.1) is 13.2 Å². The zero-order valence-electron chi connectivity index (χ0n) is 9.20. The van der Waals surface area contributed by atoms with Crippen LogP contribution in [-0.4, -0.2) is 32.1 Å². The summed E-state index contributed by atoms with van der Waals surface area (Å²) in [4.78, 5) is 13.7. The van der Waals surface area contributed by atoms with Crippen molar-refractivity contribution in [3.05, 3.63) is 28.2 Å². The SMILES string of the molecule is CC(=O)c1ccc(Br)cc1N1CCOCC1. The Morgan fingerprint density at radius 1 is 1.38 bits per heavy atom. The van der Waals surface area contributed by atoms with Crippen LogP contribution in [0.5, 0.6) is 0 Å². The van der Waals surface area contributed by atoms with Crippen LogP contribution in [0.2, 0.25) is 0 Å². The van der Waals surface area contributed by atoms with Crippen molar-refractivity contribution in [2.24, 2.45) is 0 Å². The third kappa shape index (κ3) is 2.44. The van der Waals surface area contributed by atoms with Crippen LogP contribution in [0.25, 0.3) is 0 Å².